The summed E-state index contributed by atoms with van der Waals surface area (Å²) in [6.07, 6.45) is 1.07. The lowest BCUT2D eigenvalue weighted by Crippen LogP contribution is -2.40. The summed E-state index contributed by atoms with van der Waals surface area (Å²) in [5, 5.41) is 9.54. The summed E-state index contributed by atoms with van der Waals surface area (Å²) in [5.74, 6) is 0.913. The molecule has 0 bridgehead atoms. The van der Waals surface area contributed by atoms with E-state index in [1.54, 1.807) is 7.11 Å². The molecule has 4 heteroatoms. The zero-order valence-corrected chi connectivity index (χ0v) is 12.7. The molecule has 1 aliphatic rings. The second-order valence-corrected chi connectivity index (χ2v) is 5.55. The number of methoxy groups -OCH3 is 1. The highest BCUT2D eigenvalue weighted by molar-refractivity contribution is 5.96. The Morgan fingerprint density at radius 2 is 1.85 bits per heavy atom. The summed E-state index contributed by atoms with van der Waals surface area (Å²) >= 11 is 0. The second-order valence-electron chi connectivity index (χ2n) is 5.55. The average molecular weight is 277 g/mol. The first-order chi connectivity index (χ1) is 9.45. The Hall–Kier alpha value is -1.55. The minimum absolute atomic E-state index is 0.0586. The number of hydrogen-bond acceptors (Lipinski definition) is 3. The lowest BCUT2D eigenvalue weighted by molar-refractivity contribution is 0.0545. The molecule has 0 unspecified atom stereocenters. The molecule has 0 aliphatic carbocycles. The van der Waals surface area contributed by atoms with Crippen molar-refractivity contribution in [3.63, 3.8) is 0 Å². The van der Waals surface area contributed by atoms with Crippen LogP contribution in [0.5, 0.6) is 5.75 Å². The van der Waals surface area contributed by atoms with Crippen molar-refractivity contribution in [3.8, 4) is 5.75 Å². The van der Waals surface area contributed by atoms with Gasteiger partial charge >= 0.3 is 0 Å². The van der Waals surface area contributed by atoms with Gasteiger partial charge in [-0.25, -0.2) is 0 Å². The molecular weight excluding hydrogens is 254 g/mol. The van der Waals surface area contributed by atoms with Crippen molar-refractivity contribution in [2.24, 2.45) is 0 Å². The molecule has 4 nitrogen and oxygen atoms in total. The van der Waals surface area contributed by atoms with E-state index in [2.05, 4.69) is 0 Å². The smallest absolute Gasteiger partial charge is 0.254 e. The third-order valence-electron chi connectivity index (χ3n) is 4.21. The number of nitrogens with zero attached hydrogens (tertiary/aromatic N) is 1. The number of rotatable bonds is 2. The number of piperidine rings is 1. The number of amides is 1. The summed E-state index contributed by atoms with van der Waals surface area (Å²) in [4.78, 5) is 14.5. The maximum absolute atomic E-state index is 12.6. The van der Waals surface area contributed by atoms with E-state index < -0.39 is 0 Å². The Morgan fingerprint density at radius 3 is 2.40 bits per heavy atom. The van der Waals surface area contributed by atoms with Crippen molar-refractivity contribution in [2.45, 2.75) is 39.7 Å². The summed E-state index contributed by atoms with van der Waals surface area (Å²) in [5.41, 5.74) is 3.73. The first kappa shape index (κ1) is 14.9. The van der Waals surface area contributed by atoms with Crippen molar-refractivity contribution < 1.29 is 14.6 Å². The summed E-state index contributed by atoms with van der Waals surface area (Å²) < 4.78 is 5.39. The van der Waals surface area contributed by atoms with E-state index in [1.165, 1.54) is 0 Å². The third kappa shape index (κ3) is 2.66. The molecule has 110 valence electrons. The fraction of sp³-hybridized carbons (Fsp3) is 0.562. The molecule has 1 heterocycles. The van der Waals surface area contributed by atoms with Crippen molar-refractivity contribution in [2.75, 3.05) is 20.2 Å². The van der Waals surface area contributed by atoms with Crippen LogP contribution in [-0.2, 0) is 0 Å². The van der Waals surface area contributed by atoms with Gasteiger partial charge in [0.2, 0.25) is 0 Å². The molecule has 1 aromatic rings. The number of aryl methyl sites for hydroxylation is 1. The Kier molecular flexibility index (Phi) is 4.33. The normalized spacial score (nSPS) is 16.4. The fourth-order valence-corrected chi connectivity index (χ4v) is 2.83. The topological polar surface area (TPSA) is 49.8 Å². The molecule has 0 radical (unpaired) electrons. The molecular formula is C16H23NO3. The predicted octanol–water partition coefficient (Wildman–Crippen LogP) is 2.22. The van der Waals surface area contributed by atoms with Gasteiger partial charge in [-0.15, -0.1) is 0 Å². The van der Waals surface area contributed by atoms with Gasteiger partial charge in [-0.05, 0) is 56.4 Å². The van der Waals surface area contributed by atoms with Crippen molar-refractivity contribution >= 4 is 5.91 Å². The first-order valence-electron chi connectivity index (χ1n) is 7.07. The predicted molar refractivity (Wildman–Crippen MR) is 78.3 cm³/mol. The minimum atomic E-state index is -0.264. The fourth-order valence-electron chi connectivity index (χ4n) is 2.83. The highest BCUT2D eigenvalue weighted by Gasteiger charge is 2.24. The van der Waals surface area contributed by atoms with Gasteiger partial charge in [-0.3, -0.25) is 4.79 Å². The molecule has 1 fully saturated rings. The van der Waals surface area contributed by atoms with E-state index in [-0.39, 0.29) is 12.0 Å². The Labute approximate surface area is 120 Å². The highest BCUT2D eigenvalue weighted by Crippen LogP contribution is 2.29. The van der Waals surface area contributed by atoms with Gasteiger partial charge in [0.1, 0.15) is 5.75 Å². The zero-order chi connectivity index (χ0) is 14.9. The van der Waals surface area contributed by atoms with E-state index in [4.69, 9.17) is 4.74 Å². The molecule has 0 saturated carbocycles. The van der Waals surface area contributed by atoms with Crippen molar-refractivity contribution in [1.29, 1.82) is 0 Å². The van der Waals surface area contributed by atoms with Gasteiger partial charge in [0.25, 0.3) is 5.91 Å². The summed E-state index contributed by atoms with van der Waals surface area (Å²) in [6.45, 7) is 7.16. The molecule has 0 atom stereocenters. The molecule has 1 amide bonds. The van der Waals surface area contributed by atoms with E-state index in [9.17, 15) is 9.90 Å². The van der Waals surface area contributed by atoms with Crippen LogP contribution in [0.1, 0.15) is 39.9 Å². The third-order valence-corrected chi connectivity index (χ3v) is 4.21. The van der Waals surface area contributed by atoms with Gasteiger partial charge in [0.15, 0.2) is 0 Å². The van der Waals surface area contributed by atoms with Crippen LogP contribution in [0.2, 0.25) is 0 Å². The molecule has 1 aromatic carbocycles. The molecule has 1 saturated heterocycles. The van der Waals surface area contributed by atoms with E-state index in [1.807, 2.05) is 31.7 Å². The molecule has 0 aromatic heterocycles. The number of carbonyl (C=O) groups is 1. The first-order valence-corrected chi connectivity index (χ1v) is 7.07. The minimum Gasteiger partial charge on any atom is -0.496 e. The number of carbonyl (C=O) groups excluding carboxylic acids is 1. The van der Waals surface area contributed by atoms with Gasteiger partial charge in [-0.1, -0.05) is 0 Å². The monoisotopic (exact) mass is 277 g/mol. The lowest BCUT2D eigenvalue weighted by Gasteiger charge is -2.30. The number of benzene rings is 1. The van der Waals surface area contributed by atoms with Crippen molar-refractivity contribution in [1.82, 2.24) is 4.90 Å². The van der Waals surface area contributed by atoms with Crippen LogP contribution in [0.3, 0.4) is 0 Å². The maximum Gasteiger partial charge on any atom is 0.254 e. The van der Waals surface area contributed by atoms with Crippen LogP contribution in [-0.4, -0.2) is 42.2 Å². The van der Waals surface area contributed by atoms with E-state index in [0.29, 0.717) is 25.9 Å². The second kappa shape index (κ2) is 5.83. The van der Waals surface area contributed by atoms with Crippen LogP contribution in [0.25, 0.3) is 0 Å². The highest BCUT2D eigenvalue weighted by atomic mass is 16.5. The van der Waals surface area contributed by atoms with Gasteiger partial charge in [0, 0.05) is 18.7 Å². The summed E-state index contributed by atoms with van der Waals surface area (Å²) in [7, 11) is 1.66. The van der Waals surface area contributed by atoms with Gasteiger partial charge in [-0.2, -0.15) is 0 Å². The largest absolute Gasteiger partial charge is 0.496 e. The SMILES string of the molecule is COc1c(C)cc(C(=O)N2CCC(O)CC2)c(C)c1C. The van der Waals surface area contributed by atoms with Gasteiger partial charge < -0.3 is 14.7 Å². The van der Waals surface area contributed by atoms with Crippen molar-refractivity contribution in [3.05, 3.63) is 28.3 Å². The Balaban J connectivity index is 2.31. The van der Waals surface area contributed by atoms with Crippen LogP contribution in [0.15, 0.2) is 6.07 Å². The van der Waals surface area contributed by atoms with Gasteiger partial charge in [0.05, 0.1) is 13.2 Å². The number of aliphatic hydroxyl groups is 1. The number of ether oxygens (including phenoxy) is 1. The van der Waals surface area contributed by atoms with Crippen LogP contribution < -0.4 is 4.74 Å². The summed E-state index contributed by atoms with van der Waals surface area (Å²) in [6, 6.07) is 1.91. The van der Waals surface area contributed by atoms with E-state index >= 15 is 0 Å². The molecule has 2 rings (SSSR count). The van der Waals surface area contributed by atoms with Crippen LogP contribution >= 0.6 is 0 Å². The number of hydrogen-bond donors (Lipinski definition) is 1. The average Bonchev–Trinajstić information content (AvgIpc) is 2.43. The van der Waals surface area contributed by atoms with Crippen LogP contribution in [0, 0.1) is 20.8 Å². The van der Waals surface area contributed by atoms with Crippen LogP contribution in [0.4, 0.5) is 0 Å². The lowest BCUT2D eigenvalue weighted by atomic mass is 9.97. The number of likely N-dealkylation sites (tertiary alicyclic amines) is 1. The molecule has 20 heavy (non-hydrogen) atoms. The Bertz CT molecular complexity index is 517. The standard InChI is InChI=1S/C16H23NO3/c1-10-9-14(11(2)12(3)15(10)20-4)16(19)17-7-5-13(18)6-8-17/h9,13,18H,5-8H2,1-4H3. The van der Waals surface area contributed by atoms with E-state index in [0.717, 1.165) is 28.0 Å². The molecule has 1 aliphatic heterocycles. The number of aliphatic hydroxyl groups excluding tert-OH is 1. The Morgan fingerprint density at radius 1 is 1.25 bits per heavy atom. The maximum atomic E-state index is 12.6. The zero-order valence-electron chi connectivity index (χ0n) is 12.7. The molecule has 1 N–H and O–H groups in total. The quantitative estimate of drug-likeness (QED) is 0.901. The molecule has 0 spiro atoms.